The molecule has 4 aromatic rings. The molecule has 8 rings (SSSR count). The molecular weight excluding hydrogens is 675 g/mol. The van der Waals surface area contributed by atoms with Crippen molar-refractivity contribution in [2.75, 3.05) is 51.3 Å². The highest BCUT2D eigenvalue weighted by Gasteiger charge is 2.49. The summed E-state index contributed by atoms with van der Waals surface area (Å²) in [6.07, 6.45) is 5.97. The molecule has 0 spiro atoms. The van der Waals surface area contributed by atoms with Gasteiger partial charge < -0.3 is 24.5 Å². The van der Waals surface area contributed by atoms with Crippen LogP contribution in [0.2, 0.25) is 0 Å². The summed E-state index contributed by atoms with van der Waals surface area (Å²) >= 11 is 0. The number of amides is 2. The number of aryl methyl sites for hydroxylation is 1. The van der Waals surface area contributed by atoms with Crippen molar-refractivity contribution in [3.8, 4) is 17.3 Å². The predicted octanol–water partition coefficient (Wildman–Crippen LogP) is 5.73. The van der Waals surface area contributed by atoms with Crippen LogP contribution in [0.25, 0.3) is 32.9 Å². The number of carbonyl (C=O) groups excluding carboxylic acids is 1. The van der Waals surface area contributed by atoms with Crippen molar-refractivity contribution in [3.05, 3.63) is 65.9 Å². The van der Waals surface area contributed by atoms with Crippen molar-refractivity contribution in [1.82, 2.24) is 29.7 Å². The van der Waals surface area contributed by atoms with Crippen LogP contribution < -0.4 is 9.64 Å². The smallest absolute Gasteiger partial charge is 0.407 e. The average Bonchev–Trinajstić information content (AvgIpc) is 3.83. The lowest BCUT2D eigenvalue weighted by Crippen LogP contribution is -2.49. The molecule has 0 bridgehead atoms. The molecular formula is C38H40F3N7O4. The molecule has 2 aromatic carbocycles. The van der Waals surface area contributed by atoms with E-state index in [0.29, 0.717) is 73.2 Å². The first-order chi connectivity index (χ1) is 25.0. The fourth-order valence-corrected chi connectivity index (χ4v) is 8.50. The normalized spacial score (nSPS) is 24.6. The summed E-state index contributed by atoms with van der Waals surface area (Å²) in [7, 11) is 1.82. The van der Waals surface area contributed by atoms with Crippen LogP contribution in [0.1, 0.15) is 37.7 Å². The molecule has 0 unspecified atom stereocenters. The summed E-state index contributed by atoms with van der Waals surface area (Å²) in [6, 6.07) is 7.81. The number of benzene rings is 2. The van der Waals surface area contributed by atoms with E-state index in [-0.39, 0.29) is 41.8 Å². The molecule has 4 aliphatic rings. The zero-order valence-electron chi connectivity index (χ0n) is 29.1. The van der Waals surface area contributed by atoms with E-state index in [1.165, 1.54) is 23.2 Å². The molecule has 52 heavy (non-hydrogen) atoms. The number of alkyl halides is 1. The number of fused-ring (bicyclic) bond motifs is 3. The molecule has 4 atom stereocenters. The number of likely N-dealkylation sites (tertiary alicyclic amines) is 2. The fourth-order valence-electron chi connectivity index (χ4n) is 8.50. The van der Waals surface area contributed by atoms with Gasteiger partial charge in [-0.15, -0.1) is 0 Å². The molecule has 14 heteroatoms. The molecule has 4 aliphatic heterocycles. The highest BCUT2D eigenvalue weighted by molar-refractivity contribution is 6.00. The van der Waals surface area contributed by atoms with Gasteiger partial charge in [-0.3, -0.25) is 14.7 Å². The molecule has 0 saturated carbocycles. The topological polar surface area (TPSA) is 115 Å². The maximum absolute atomic E-state index is 16.9. The molecule has 2 amide bonds. The first kappa shape index (κ1) is 34.1. The third-order valence-corrected chi connectivity index (χ3v) is 11.5. The number of aromatic nitrogens is 3. The summed E-state index contributed by atoms with van der Waals surface area (Å²) in [5.41, 5.74) is 0.329. The zero-order valence-corrected chi connectivity index (χ0v) is 29.1. The Morgan fingerprint density at radius 3 is 2.75 bits per heavy atom. The van der Waals surface area contributed by atoms with Gasteiger partial charge in [-0.25, -0.2) is 18.0 Å². The van der Waals surface area contributed by atoms with Gasteiger partial charge >= 0.3 is 12.1 Å². The number of ether oxygens (including phenoxy) is 1. The Hall–Kier alpha value is -4.98. The third-order valence-electron chi connectivity index (χ3n) is 11.5. The van der Waals surface area contributed by atoms with E-state index in [1.807, 2.05) is 18.0 Å². The summed E-state index contributed by atoms with van der Waals surface area (Å²) < 4.78 is 52.4. The number of hydrogen-bond donors (Lipinski definition) is 1. The van der Waals surface area contributed by atoms with Gasteiger partial charge in [0.15, 0.2) is 5.82 Å². The average molecular weight is 716 g/mol. The number of anilines is 1. The molecule has 6 heterocycles. The number of nitrogens with zero attached hydrogens (tertiary/aromatic N) is 7. The van der Waals surface area contributed by atoms with Crippen molar-refractivity contribution < 1.29 is 32.6 Å². The van der Waals surface area contributed by atoms with Crippen molar-refractivity contribution in [2.24, 2.45) is 0 Å². The van der Waals surface area contributed by atoms with Gasteiger partial charge in [0.05, 0.1) is 17.0 Å². The van der Waals surface area contributed by atoms with E-state index in [1.54, 1.807) is 36.1 Å². The van der Waals surface area contributed by atoms with Gasteiger partial charge in [-0.2, -0.15) is 9.97 Å². The largest absolute Gasteiger partial charge is 0.465 e. The maximum atomic E-state index is 16.9. The number of likely N-dealkylation sites (N-methyl/N-ethyl adjacent to an activating group) is 1. The molecule has 1 N–H and O–H groups in total. The van der Waals surface area contributed by atoms with E-state index < -0.39 is 29.4 Å². The lowest BCUT2D eigenvalue weighted by Gasteiger charge is -2.36. The number of carboxylic acid groups (broad SMARTS) is 1. The minimum atomic E-state index is -1.01. The first-order valence-electron chi connectivity index (χ1n) is 17.8. The van der Waals surface area contributed by atoms with Gasteiger partial charge in [0.1, 0.15) is 35.6 Å². The molecule has 0 radical (unpaired) electrons. The standard InChI is InChI=1S/C38H40F3N7O4/c1-22-29(40)9-7-23-5-3-6-27(31(22)23)33-32(41)34-28(18-42-33)35(44-36(43-34)52-21-38-13-4-14-47(38)19-24(39)17-38)45(2)26-11-15-46(20-26)30(49)10-8-25-12-16-48(25)37(50)51/h3,5-10,18,24-26H,4,11-17,19-21H2,1-2H3,(H,50,51)/b10-8+/t24-,25+,26-,38+/m1/s1. The monoisotopic (exact) mass is 715 g/mol. The van der Waals surface area contributed by atoms with Gasteiger partial charge in [0.2, 0.25) is 5.91 Å². The Bertz CT molecular complexity index is 2120. The molecule has 4 fully saturated rings. The number of halogens is 3. The van der Waals surface area contributed by atoms with E-state index in [0.717, 1.165) is 24.8 Å². The van der Waals surface area contributed by atoms with Crippen LogP contribution in [-0.4, -0.2) is 117 Å². The van der Waals surface area contributed by atoms with Crippen LogP contribution in [0, 0.1) is 18.6 Å². The van der Waals surface area contributed by atoms with Crippen LogP contribution in [0.15, 0.2) is 48.7 Å². The highest BCUT2D eigenvalue weighted by Crippen LogP contribution is 2.41. The lowest BCUT2D eigenvalue weighted by molar-refractivity contribution is -0.125. The Kier molecular flexibility index (Phi) is 8.67. The molecule has 272 valence electrons. The second-order valence-electron chi connectivity index (χ2n) is 14.5. The van der Waals surface area contributed by atoms with Crippen LogP contribution in [0.4, 0.5) is 23.8 Å². The highest BCUT2D eigenvalue weighted by atomic mass is 19.1. The molecule has 4 saturated heterocycles. The number of hydrogen-bond acceptors (Lipinski definition) is 8. The quantitative estimate of drug-likeness (QED) is 0.229. The Balaban J connectivity index is 1.13. The van der Waals surface area contributed by atoms with Gasteiger partial charge in [-0.1, -0.05) is 30.3 Å². The molecule has 11 nitrogen and oxygen atoms in total. The van der Waals surface area contributed by atoms with E-state index >= 15 is 4.39 Å². The van der Waals surface area contributed by atoms with E-state index in [2.05, 4.69) is 14.9 Å². The van der Waals surface area contributed by atoms with Crippen LogP contribution >= 0.6 is 0 Å². The number of rotatable bonds is 8. The molecule has 0 aliphatic carbocycles. The minimum Gasteiger partial charge on any atom is -0.465 e. The predicted molar refractivity (Wildman–Crippen MR) is 189 cm³/mol. The summed E-state index contributed by atoms with van der Waals surface area (Å²) in [4.78, 5) is 45.4. The van der Waals surface area contributed by atoms with Crippen molar-refractivity contribution in [1.29, 1.82) is 0 Å². The maximum Gasteiger partial charge on any atom is 0.407 e. The zero-order chi connectivity index (χ0) is 36.3. The van der Waals surface area contributed by atoms with E-state index in [9.17, 15) is 23.5 Å². The van der Waals surface area contributed by atoms with Gasteiger partial charge in [0.25, 0.3) is 0 Å². The number of carbonyl (C=O) groups is 2. The van der Waals surface area contributed by atoms with E-state index in [4.69, 9.17) is 9.72 Å². The van der Waals surface area contributed by atoms with Gasteiger partial charge in [-0.05, 0) is 61.6 Å². The Morgan fingerprint density at radius 2 is 1.96 bits per heavy atom. The van der Waals surface area contributed by atoms with Crippen molar-refractivity contribution in [2.45, 2.75) is 62.8 Å². The second-order valence-corrected chi connectivity index (χ2v) is 14.5. The van der Waals surface area contributed by atoms with Crippen molar-refractivity contribution >= 4 is 39.5 Å². The minimum absolute atomic E-state index is 0.0130. The van der Waals surface area contributed by atoms with Crippen LogP contribution in [0.5, 0.6) is 6.01 Å². The van der Waals surface area contributed by atoms with Gasteiger partial charge in [0, 0.05) is 63.5 Å². The summed E-state index contributed by atoms with van der Waals surface area (Å²) in [5.74, 6) is -0.960. The van der Waals surface area contributed by atoms with Crippen LogP contribution in [0.3, 0.4) is 0 Å². The summed E-state index contributed by atoms with van der Waals surface area (Å²) in [6.45, 7) is 4.22. The van der Waals surface area contributed by atoms with Crippen molar-refractivity contribution in [3.63, 3.8) is 0 Å². The Morgan fingerprint density at radius 1 is 1.12 bits per heavy atom. The third kappa shape index (κ3) is 5.86. The SMILES string of the molecule is Cc1c(F)ccc2cccc(-c3ncc4c(N(C)[C@@H]5CCN(C(=O)/C=C/[C@H]6CCN6C(=O)O)C5)nc(OC[C@@]56CCCN5C[C@H](F)C6)nc4c3F)c12. The Labute approximate surface area is 298 Å². The fraction of sp³-hybridized carbons (Fsp3) is 0.447. The second kappa shape index (κ2) is 13.2. The summed E-state index contributed by atoms with van der Waals surface area (Å²) in [5, 5.41) is 10.9. The lowest BCUT2D eigenvalue weighted by atomic mass is 9.95. The van der Waals surface area contributed by atoms with Crippen LogP contribution in [-0.2, 0) is 4.79 Å². The number of pyridine rings is 1. The first-order valence-corrected chi connectivity index (χ1v) is 17.8. The molecule has 2 aromatic heterocycles.